The van der Waals surface area contributed by atoms with Crippen molar-refractivity contribution < 1.29 is 0 Å². The molecule has 0 unspecified atom stereocenters. The highest BCUT2D eigenvalue weighted by molar-refractivity contribution is 7.26. The van der Waals surface area contributed by atoms with Crippen LogP contribution in [0.25, 0.3) is 84.9 Å². The summed E-state index contributed by atoms with van der Waals surface area (Å²) in [5.74, 6) is 0. The molecule has 4 heteroatoms. The summed E-state index contributed by atoms with van der Waals surface area (Å²) in [6.45, 7) is 0. The zero-order chi connectivity index (χ0) is 27.6. The Labute approximate surface area is 250 Å². The second-order valence-electron chi connectivity index (χ2n) is 10.6. The minimum absolute atomic E-state index is 0.895. The highest BCUT2D eigenvalue weighted by atomic mass is 32.1. The Bertz CT molecular complexity index is 2480. The molecule has 0 atom stereocenters. The number of hydrogen-bond donors (Lipinski definition) is 0. The van der Waals surface area contributed by atoms with Gasteiger partial charge in [0.1, 0.15) is 10.3 Å². The minimum Gasteiger partial charge on any atom is -0.251 e. The second kappa shape index (κ2) is 9.31. The molecule has 0 aliphatic rings. The molecular formula is C38H22N2S2. The topological polar surface area (TPSA) is 25.8 Å². The fraction of sp³-hybridized carbons (Fsp3) is 0. The van der Waals surface area contributed by atoms with E-state index < -0.39 is 0 Å². The summed E-state index contributed by atoms with van der Waals surface area (Å²) in [7, 11) is 0. The number of benzene rings is 6. The molecule has 3 aromatic heterocycles. The van der Waals surface area contributed by atoms with Crippen LogP contribution in [0, 0.1) is 0 Å². The number of fused-ring (bicyclic) bond motifs is 8. The van der Waals surface area contributed by atoms with Crippen molar-refractivity contribution in [2.45, 2.75) is 0 Å². The van der Waals surface area contributed by atoms with Crippen LogP contribution in [0.5, 0.6) is 0 Å². The van der Waals surface area contributed by atoms with Crippen LogP contribution in [-0.4, -0.2) is 9.97 Å². The van der Waals surface area contributed by atoms with E-state index in [4.69, 9.17) is 9.97 Å². The average molecular weight is 571 g/mol. The van der Waals surface area contributed by atoms with Gasteiger partial charge in [-0.2, -0.15) is 0 Å². The second-order valence-corrected chi connectivity index (χ2v) is 12.7. The third-order valence-electron chi connectivity index (χ3n) is 8.14. The molecule has 0 aliphatic carbocycles. The molecule has 0 amide bonds. The molecule has 2 nitrogen and oxygen atoms in total. The van der Waals surface area contributed by atoms with E-state index >= 15 is 0 Å². The largest absolute Gasteiger partial charge is 0.251 e. The van der Waals surface area contributed by atoms with Crippen molar-refractivity contribution in [1.82, 2.24) is 9.97 Å². The third kappa shape index (κ3) is 3.69. The van der Waals surface area contributed by atoms with Crippen LogP contribution in [0.3, 0.4) is 0 Å². The van der Waals surface area contributed by atoms with Crippen LogP contribution in [0.4, 0.5) is 0 Å². The quantitative estimate of drug-likeness (QED) is 0.211. The Balaban J connectivity index is 1.13. The van der Waals surface area contributed by atoms with Gasteiger partial charge in [-0.25, -0.2) is 4.98 Å². The predicted molar refractivity (Wildman–Crippen MR) is 182 cm³/mol. The molecule has 9 aromatic rings. The van der Waals surface area contributed by atoms with E-state index in [0.29, 0.717) is 0 Å². The fourth-order valence-electron chi connectivity index (χ4n) is 6.14. The Morgan fingerprint density at radius 2 is 1.21 bits per heavy atom. The van der Waals surface area contributed by atoms with E-state index in [1.54, 1.807) is 11.3 Å². The van der Waals surface area contributed by atoms with Crippen LogP contribution in [0.2, 0.25) is 0 Å². The van der Waals surface area contributed by atoms with Gasteiger partial charge in [-0.1, -0.05) is 103 Å². The summed E-state index contributed by atoms with van der Waals surface area (Å²) in [5.41, 5.74) is 7.81. The number of rotatable bonds is 3. The van der Waals surface area contributed by atoms with Gasteiger partial charge in [-0.15, -0.1) is 22.7 Å². The van der Waals surface area contributed by atoms with Crippen LogP contribution >= 0.6 is 22.7 Å². The zero-order valence-electron chi connectivity index (χ0n) is 22.4. The maximum atomic E-state index is 5.10. The van der Waals surface area contributed by atoms with Crippen molar-refractivity contribution in [3.05, 3.63) is 134 Å². The zero-order valence-corrected chi connectivity index (χ0v) is 24.0. The fourth-order valence-corrected chi connectivity index (χ4v) is 8.42. The van der Waals surface area contributed by atoms with Gasteiger partial charge in [-0.3, -0.25) is 4.98 Å². The molecule has 0 spiro atoms. The first-order valence-corrected chi connectivity index (χ1v) is 15.6. The van der Waals surface area contributed by atoms with Gasteiger partial charge in [0.15, 0.2) is 0 Å². The van der Waals surface area contributed by atoms with E-state index in [-0.39, 0.29) is 0 Å². The molecule has 0 saturated carbocycles. The van der Waals surface area contributed by atoms with Crippen LogP contribution in [-0.2, 0) is 0 Å². The average Bonchev–Trinajstić information content (AvgIpc) is 3.63. The Morgan fingerprint density at radius 1 is 0.500 bits per heavy atom. The van der Waals surface area contributed by atoms with Gasteiger partial charge >= 0.3 is 0 Å². The normalized spacial score (nSPS) is 11.8. The van der Waals surface area contributed by atoms with E-state index in [0.717, 1.165) is 21.6 Å². The molecule has 6 aromatic carbocycles. The van der Waals surface area contributed by atoms with E-state index in [1.807, 2.05) is 17.5 Å². The van der Waals surface area contributed by atoms with Crippen molar-refractivity contribution in [3.8, 4) is 33.5 Å². The third-order valence-corrected chi connectivity index (χ3v) is 10.4. The van der Waals surface area contributed by atoms with E-state index in [9.17, 15) is 0 Å². The first-order valence-electron chi connectivity index (χ1n) is 14.0. The molecule has 0 fully saturated rings. The lowest BCUT2D eigenvalue weighted by molar-refractivity contribution is 1.32. The smallest absolute Gasteiger partial charge is 0.143 e. The van der Waals surface area contributed by atoms with E-state index in [1.165, 1.54) is 63.3 Å². The molecule has 196 valence electrons. The van der Waals surface area contributed by atoms with Gasteiger partial charge in [0.2, 0.25) is 0 Å². The summed E-state index contributed by atoms with van der Waals surface area (Å²) >= 11 is 3.59. The molecule has 0 saturated heterocycles. The first kappa shape index (κ1) is 23.8. The molecule has 3 heterocycles. The maximum absolute atomic E-state index is 5.10. The Hall–Kier alpha value is -4.90. The summed E-state index contributed by atoms with van der Waals surface area (Å²) < 4.78 is 3.89. The number of aromatic nitrogens is 2. The number of nitrogens with zero attached hydrogens (tertiary/aromatic N) is 2. The molecule has 0 N–H and O–H groups in total. The maximum Gasteiger partial charge on any atom is 0.143 e. The van der Waals surface area contributed by atoms with Crippen molar-refractivity contribution in [3.63, 3.8) is 0 Å². The Kier molecular flexibility index (Phi) is 5.27. The van der Waals surface area contributed by atoms with Crippen molar-refractivity contribution >= 4 is 74.1 Å². The predicted octanol–water partition coefficient (Wildman–Crippen LogP) is 11.4. The number of hydrogen-bond acceptors (Lipinski definition) is 4. The highest BCUT2D eigenvalue weighted by Gasteiger charge is 2.14. The monoisotopic (exact) mass is 570 g/mol. The SMILES string of the molecule is c1cc(-c2cccc(-c3cccc4c3sc3ccccc34)c2)cc(-c2cnc3c(n2)sc2ccc4ccccc4c23)c1. The van der Waals surface area contributed by atoms with Crippen molar-refractivity contribution in [1.29, 1.82) is 0 Å². The lowest BCUT2D eigenvalue weighted by atomic mass is 9.96. The van der Waals surface area contributed by atoms with Crippen molar-refractivity contribution in [2.24, 2.45) is 0 Å². The standard InChI is InChI=1S/C38H22N2S2/c1-2-13-28-23(8-1)18-19-34-35(28)36-38(42-34)40-32(22-39-36)27-12-6-10-25(21-27)24-9-5-11-26(20-24)29-15-7-16-31-30-14-3-4-17-33(30)41-37(29)31/h1-22H. The van der Waals surface area contributed by atoms with Gasteiger partial charge < -0.3 is 0 Å². The van der Waals surface area contributed by atoms with Gasteiger partial charge in [0.05, 0.1) is 11.9 Å². The molecule has 0 bridgehead atoms. The molecule has 9 rings (SSSR count). The summed E-state index contributed by atoms with van der Waals surface area (Å²) in [6.07, 6.45) is 1.92. The molecular weight excluding hydrogens is 549 g/mol. The number of thiophene rings is 2. The first-order chi connectivity index (χ1) is 20.8. The highest BCUT2D eigenvalue weighted by Crippen LogP contribution is 2.41. The van der Waals surface area contributed by atoms with Crippen LogP contribution in [0.1, 0.15) is 0 Å². The van der Waals surface area contributed by atoms with Gasteiger partial charge in [0, 0.05) is 35.8 Å². The summed E-state index contributed by atoms with van der Waals surface area (Å²) in [5, 5.41) is 6.31. The molecule has 0 aliphatic heterocycles. The van der Waals surface area contributed by atoms with E-state index in [2.05, 4.69) is 127 Å². The van der Waals surface area contributed by atoms with Crippen LogP contribution < -0.4 is 0 Å². The lowest BCUT2D eigenvalue weighted by Crippen LogP contribution is -1.88. The summed E-state index contributed by atoms with van der Waals surface area (Å²) in [4.78, 5) is 11.0. The minimum atomic E-state index is 0.895. The Morgan fingerprint density at radius 3 is 2.12 bits per heavy atom. The molecule has 0 radical (unpaired) electrons. The molecule has 42 heavy (non-hydrogen) atoms. The summed E-state index contributed by atoms with van der Waals surface area (Å²) in [6, 6.07) is 45.8. The lowest BCUT2D eigenvalue weighted by Gasteiger charge is -2.09. The van der Waals surface area contributed by atoms with Crippen LogP contribution in [0.15, 0.2) is 134 Å². The van der Waals surface area contributed by atoms with Gasteiger partial charge in [-0.05, 0) is 57.3 Å². The van der Waals surface area contributed by atoms with Gasteiger partial charge in [0.25, 0.3) is 0 Å². The van der Waals surface area contributed by atoms with Crippen molar-refractivity contribution in [2.75, 3.05) is 0 Å².